The fourth-order valence-electron chi connectivity index (χ4n) is 2.78. The molecule has 0 saturated heterocycles. The Kier molecular flexibility index (Phi) is 4.45. The molecule has 26 heavy (non-hydrogen) atoms. The van der Waals surface area contributed by atoms with E-state index in [2.05, 4.69) is 4.98 Å². The van der Waals surface area contributed by atoms with Crippen molar-refractivity contribution in [1.29, 1.82) is 0 Å². The summed E-state index contributed by atoms with van der Waals surface area (Å²) in [7, 11) is 0. The van der Waals surface area contributed by atoms with Crippen LogP contribution in [-0.2, 0) is 6.42 Å². The first-order valence-electron chi connectivity index (χ1n) is 7.38. The quantitative estimate of drug-likeness (QED) is 0.701. The van der Waals surface area contributed by atoms with Crippen molar-refractivity contribution in [3.05, 3.63) is 68.4 Å². The summed E-state index contributed by atoms with van der Waals surface area (Å²) in [5.41, 5.74) is -2.16. The first-order chi connectivity index (χ1) is 12.3. The highest BCUT2D eigenvalue weighted by atomic mass is 35.5. The van der Waals surface area contributed by atoms with E-state index in [1.807, 2.05) is 0 Å². The summed E-state index contributed by atoms with van der Waals surface area (Å²) in [4.78, 5) is 27.9. The Hall–Kier alpha value is -2.87. The van der Waals surface area contributed by atoms with Crippen LogP contribution in [0.5, 0.6) is 0 Å². The van der Waals surface area contributed by atoms with Gasteiger partial charge < -0.3 is 5.11 Å². The Labute approximate surface area is 149 Å². The second kappa shape index (κ2) is 6.45. The number of aromatic carboxylic acids is 1. The van der Waals surface area contributed by atoms with Gasteiger partial charge in [0.25, 0.3) is 0 Å². The molecular weight excluding hydrogens is 373 g/mol. The van der Waals surface area contributed by atoms with E-state index in [1.165, 1.54) is 0 Å². The molecule has 0 aliphatic rings. The van der Waals surface area contributed by atoms with Gasteiger partial charge in [0, 0.05) is 11.8 Å². The number of halogens is 4. The van der Waals surface area contributed by atoms with E-state index in [0.29, 0.717) is 6.07 Å². The van der Waals surface area contributed by atoms with Gasteiger partial charge in [0.05, 0.1) is 11.1 Å². The molecule has 0 atom stereocenters. The summed E-state index contributed by atoms with van der Waals surface area (Å²) in [6.07, 6.45) is 0.0142. The maximum absolute atomic E-state index is 14.4. The van der Waals surface area contributed by atoms with Crippen LogP contribution in [0.1, 0.15) is 23.0 Å². The third-order valence-corrected chi connectivity index (χ3v) is 4.12. The summed E-state index contributed by atoms with van der Waals surface area (Å²) in [6.45, 7) is 1.55. The smallest absolute Gasteiger partial charge is 0.341 e. The fourth-order valence-corrected chi connectivity index (χ4v) is 2.91. The molecule has 0 aliphatic carbocycles. The van der Waals surface area contributed by atoms with Crippen molar-refractivity contribution >= 4 is 28.6 Å². The van der Waals surface area contributed by atoms with Crippen molar-refractivity contribution in [2.75, 3.05) is 0 Å². The minimum Gasteiger partial charge on any atom is -0.477 e. The molecule has 1 aromatic carbocycles. The predicted octanol–water partition coefficient (Wildman–Crippen LogP) is 3.72. The van der Waals surface area contributed by atoms with Crippen LogP contribution in [0.4, 0.5) is 13.2 Å². The molecule has 0 radical (unpaired) electrons. The molecule has 0 fully saturated rings. The summed E-state index contributed by atoms with van der Waals surface area (Å²) in [5, 5.41) is 8.48. The first kappa shape index (κ1) is 17.9. The molecular formula is C17H10ClF3N2O3. The zero-order chi connectivity index (χ0) is 19.2. The number of rotatable bonds is 3. The summed E-state index contributed by atoms with van der Waals surface area (Å²) in [5.74, 6) is -4.43. The Balaban J connectivity index is 2.62. The lowest BCUT2D eigenvalue weighted by atomic mass is 10.1. The second-order valence-electron chi connectivity index (χ2n) is 5.37. The highest BCUT2D eigenvalue weighted by Gasteiger charge is 2.25. The molecule has 0 saturated carbocycles. The van der Waals surface area contributed by atoms with Crippen LogP contribution in [0.15, 0.2) is 29.1 Å². The summed E-state index contributed by atoms with van der Waals surface area (Å²) in [6, 6.07) is 3.38. The molecule has 134 valence electrons. The average molecular weight is 383 g/mol. The van der Waals surface area contributed by atoms with Gasteiger partial charge in [-0.25, -0.2) is 22.9 Å². The lowest BCUT2D eigenvalue weighted by Gasteiger charge is -2.18. The maximum atomic E-state index is 14.4. The zero-order valence-corrected chi connectivity index (χ0v) is 13.9. The van der Waals surface area contributed by atoms with Gasteiger partial charge in [0.15, 0.2) is 16.6 Å². The van der Waals surface area contributed by atoms with Crippen LogP contribution in [0.25, 0.3) is 16.7 Å². The first-order valence-corrected chi connectivity index (χ1v) is 7.76. The minimum absolute atomic E-state index is 0.0142. The van der Waals surface area contributed by atoms with Crippen LogP contribution in [-0.4, -0.2) is 20.6 Å². The third kappa shape index (κ3) is 2.72. The Morgan fingerprint density at radius 2 is 1.92 bits per heavy atom. The number of nitrogens with zero attached hydrogens (tertiary/aromatic N) is 2. The van der Waals surface area contributed by atoms with Gasteiger partial charge >= 0.3 is 5.97 Å². The van der Waals surface area contributed by atoms with E-state index in [9.17, 15) is 27.9 Å². The van der Waals surface area contributed by atoms with Gasteiger partial charge in [-0.3, -0.25) is 9.36 Å². The molecule has 0 aliphatic heterocycles. The molecule has 5 nitrogen and oxygen atoms in total. The van der Waals surface area contributed by atoms with Crippen molar-refractivity contribution in [3.8, 4) is 5.69 Å². The van der Waals surface area contributed by atoms with Crippen molar-refractivity contribution in [3.63, 3.8) is 0 Å². The molecule has 2 aromatic heterocycles. The van der Waals surface area contributed by atoms with Crippen LogP contribution < -0.4 is 5.43 Å². The highest BCUT2D eigenvalue weighted by molar-refractivity contribution is 6.29. The van der Waals surface area contributed by atoms with Crippen LogP contribution in [0, 0.1) is 17.5 Å². The molecule has 1 N–H and O–H groups in total. The zero-order valence-electron chi connectivity index (χ0n) is 13.2. The van der Waals surface area contributed by atoms with Crippen molar-refractivity contribution in [2.24, 2.45) is 0 Å². The average Bonchev–Trinajstić information content (AvgIpc) is 2.57. The van der Waals surface area contributed by atoms with Crippen LogP contribution >= 0.6 is 11.6 Å². The number of hydrogen-bond acceptors (Lipinski definition) is 3. The largest absolute Gasteiger partial charge is 0.477 e. The number of benzene rings is 1. The minimum atomic E-state index is -1.56. The summed E-state index contributed by atoms with van der Waals surface area (Å²) < 4.78 is 42.5. The Bertz CT molecular complexity index is 1130. The number of aromatic nitrogens is 2. The van der Waals surface area contributed by atoms with Gasteiger partial charge in [0.1, 0.15) is 17.2 Å². The lowest BCUT2D eigenvalue weighted by Crippen LogP contribution is -2.24. The maximum Gasteiger partial charge on any atom is 0.341 e. The molecule has 9 heteroatoms. The van der Waals surface area contributed by atoms with E-state index in [0.717, 1.165) is 22.8 Å². The highest BCUT2D eigenvalue weighted by Crippen LogP contribution is 2.26. The van der Waals surface area contributed by atoms with E-state index in [1.54, 1.807) is 6.92 Å². The van der Waals surface area contributed by atoms with E-state index >= 15 is 0 Å². The van der Waals surface area contributed by atoms with E-state index in [4.69, 9.17) is 11.6 Å². The van der Waals surface area contributed by atoms with E-state index < -0.39 is 39.6 Å². The normalized spacial score (nSPS) is 11.1. The van der Waals surface area contributed by atoms with Crippen molar-refractivity contribution in [1.82, 2.24) is 9.55 Å². The van der Waals surface area contributed by atoms with E-state index in [-0.39, 0.29) is 28.8 Å². The molecule has 2 heterocycles. The van der Waals surface area contributed by atoms with Gasteiger partial charge in [-0.2, -0.15) is 0 Å². The Morgan fingerprint density at radius 3 is 2.50 bits per heavy atom. The van der Waals surface area contributed by atoms with Crippen LogP contribution in [0.3, 0.4) is 0 Å². The number of carboxylic acids is 1. The van der Waals surface area contributed by atoms with Gasteiger partial charge in [0.2, 0.25) is 5.43 Å². The standard InChI is InChI=1S/C17H10ClF3N2O3/c1-2-11-13(17(25)26)14(24)8-6-10(21)15(18)22-16(8)23(11)12-4-3-7(19)5-9(12)20/h3-6H,2H2,1H3,(H,25,26). The number of carboxylic acid groups (broad SMARTS) is 1. The van der Waals surface area contributed by atoms with Crippen LogP contribution in [0.2, 0.25) is 5.15 Å². The molecule has 0 spiro atoms. The number of carbonyl (C=O) groups is 1. The van der Waals surface area contributed by atoms with Crippen molar-refractivity contribution < 1.29 is 23.1 Å². The monoisotopic (exact) mass is 382 g/mol. The molecule has 3 rings (SSSR count). The summed E-state index contributed by atoms with van der Waals surface area (Å²) >= 11 is 5.69. The fraction of sp³-hybridized carbons (Fsp3) is 0.118. The lowest BCUT2D eigenvalue weighted by molar-refractivity contribution is 0.0693. The SMILES string of the molecule is CCc1c(C(=O)O)c(=O)c2cc(F)c(Cl)nc2n1-c1ccc(F)cc1F. The Morgan fingerprint density at radius 1 is 1.23 bits per heavy atom. The second-order valence-corrected chi connectivity index (χ2v) is 5.73. The molecule has 0 bridgehead atoms. The third-order valence-electron chi connectivity index (χ3n) is 3.85. The number of pyridine rings is 2. The topological polar surface area (TPSA) is 72.2 Å². The van der Waals surface area contributed by atoms with Crippen molar-refractivity contribution in [2.45, 2.75) is 13.3 Å². The molecule has 0 amide bonds. The number of hydrogen-bond donors (Lipinski definition) is 1. The van der Waals surface area contributed by atoms with Gasteiger partial charge in [-0.1, -0.05) is 18.5 Å². The predicted molar refractivity (Wildman–Crippen MR) is 88.6 cm³/mol. The number of fused-ring (bicyclic) bond motifs is 1. The van der Waals surface area contributed by atoms with Gasteiger partial charge in [-0.15, -0.1) is 0 Å². The molecule has 0 unspecified atom stereocenters. The molecule has 3 aromatic rings. The van der Waals surface area contributed by atoms with Gasteiger partial charge in [-0.05, 0) is 24.6 Å².